The molecule has 488 valence electrons. The van der Waals surface area contributed by atoms with Crippen molar-refractivity contribution >= 4 is 28.0 Å². The van der Waals surface area contributed by atoms with Gasteiger partial charge in [0, 0.05) is 78.3 Å². The van der Waals surface area contributed by atoms with E-state index in [0.29, 0.717) is 81.1 Å². The molecule has 2 saturated carbocycles. The molecule has 1 aromatic heterocycles. The number of carbonyl (C=O) groups excluding carboxylic acids is 2. The summed E-state index contributed by atoms with van der Waals surface area (Å²) >= 11 is 0. The Balaban J connectivity index is 1.02. The monoisotopic (exact) mass is 1250 g/mol. The number of Topliss-reactive ketones (excluding diaryl/α,β-unsaturated/α-hetero) is 2. The Hall–Kier alpha value is -7.38. The van der Waals surface area contributed by atoms with Gasteiger partial charge in [-0.2, -0.15) is 0 Å². The molecule has 11 N–H and O–H groups in total. The summed E-state index contributed by atoms with van der Waals surface area (Å²) < 4.78 is 5.68. The maximum atomic E-state index is 15.6. The molecule has 5 aromatic carbocycles. The lowest BCUT2D eigenvalue weighted by atomic mass is 9.61. The van der Waals surface area contributed by atoms with Crippen LogP contribution in [-0.4, -0.2) is 97.4 Å². The molecule has 11 rings (SSSR count). The molecule has 1 spiro atoms. The van der Waals surface area contributed by atoms with Gasteiger partial charge in [0.25, 0.3) is 0 Å². The number of phenolic OH excluding ortho intramolecular Hbond substituents is 2. The quantitative estimate of drug-likeness (QED) is 0.0428. The predicted octanol–water partition coefficient (Wildman–Crippen LogP) is 12.4. The van der Waals surface area contributed by atoms with Crippen LogP contribution in [-0.2, 0) is 47.3 Å². The fourth-order valence-electron chi connectivity index (χ4n) is 16.3. The lowest BCUT2D eigenvalue weighted by Gasteiger charge is -2.46. The molecule has 3 heterocycles. The predicted molar refractivity (Wildman–Crippen MR) is 362 cm³/mol. The summed E-state index contributed by atoms with van der Waals surface area (Å²) in [5.41, 5.74) is 9.03. The lowest BCUT2D eigenvalue weighted by Crippen LogP contribution is -2.48. The first-order valence-electron chi connectivity index (χ1n) is 34.1. The topological polar surface area (TPSA) is 237 Å². The minimum atomic E-state index is -1.89. The second-order valence-corrected chi connectivity index (χ2v) is 27.7. The number of aryl methyl sites for hydroxylation is 3. The van der Waals surface area contributed by atoms with Gasteiger partial charge >= 0.3 is 0 Å². The van der Waals surface area contributed by atoms with Gasteiger partial charge in [-0.15, -0.1) is 0 Å². The molecule has 92 heavy (non-hydrogen) atoms. The Labute approximate surface area is 543 Å². The first-order valence-corrected chi connectivity index (χ1v) is 34.1. The average Bonchev–Trinajstić information content (AvgIpc) is 1.43. The number of phenols is 3. The summed E-state index contributed by atoms with van der Waals surface area (Å²) in [4.78, 5) is 34.0. The number of rotatable bonds is 11. The third-order valence-electron chi connectivity index (χ3n) is 21.5. The second-order valence-electron chi connectivity index (χ2n) is 27.7. The van der Waals surface area contributed by atoms with E-state index < -0.39 is 53.0 Å². The largest absolute Gasteiger partial charge is 0.508 e. The van der Waals surface area contributed by atoms with Crippen LogP contribution in [0.25, 0.3) is 10.8 Å². The molecule has 0 amide bonds. The van der Waals surface area contributed by atoms with E-state index in [0.717, 1.165) is 113 Å². The number of aliphatic hydroxyl groups is 4. The Morgan fingerprint density at radius 1 is 0.793 bits per heavy atom. The highest BCUT2D eigenvalue weighted by Crippen LogP contribution is 2.51. The zero-order chi connectivity index (χ0) is 64.6. The van der Waals surface area contributed by atoms with Crippen LogP contribution < -0.4 is 20.7 Å². The van der Waals surface area contributed by atoms with Gasteiger partial charge < -0.3 is 61.4 Å². The van der Waals surface area contributed by atoms with Crippen molar-refractivity contribution in [1.29, 1.82) is 0 Å². The Morgan fingerprint density at radius 3 is 2.37 bits per heavy atom. The molecule has 0 radical (unpaired) electrons. The number of methoxy groups -OCH3 is 1. The standard InChI is InChI=1S/C78H96N4O10/c1-5-12-62-57-35-50(33-49-29-32-80-73(36-49)82-59-26-23-53-21-22-56(74(88)66(53)41-59)37-60(84)45-79-43-48(3)58-40-72(81-44-58)78(77(62)91)30-9-6-10-31-78)34-54-24-27-63(64-42-70(87)71(92-4)39-55(64)25-28-69(86)76(90)75(89)65(54)38-57)61-15-8-7-13-51(61)19-17-47(2)18-20-52-14-11-16-68(85)67(52)46-83/h7-8,11,13-16,21-23,26,29,36,39-42,44,47-48,50,54,57,60,62-63,65,76-77,79-85,87-88,90-91H,5-6,9-10,12,17-20,25,28,30-35,37-38,43,45-46H2,1-4H3/t47-,48+,50+,54-,57-,60-,62-,63+,65-,76-,77+/m0/s1. The number of benzene rings is 5. The molecule has 14 nitrogen and oxygen atoms in total. The summed E-state index contributed by atoms with van der Waals surface area (Å²) in [6.45, 7) is 7.81. The number of ether oxygens (including phenoxy) is 1. The summed E-state index contributed by atoms with van der Waals surface area (Å²) in [6.07, 6.45) is 14.6. The van der Waals surface area contributed by atoms with Crippen LogP contribution in [0.2, 0.25) is 0 Å². The number of aromatic hydroxyl groups is 3. The SMILES string of the molecule is CCC[C@H]1[C@H]2C[C@H](CC3=CCNC(=C3)Nc3ccc4ccc(c(O)c4c3)C[C@H](O)CNC[C@@H](C)c3c[nH]c(c3)C3(CCCCC3)[C@@H]1O)C[C@@H]1C#C[C@H](c3ccccc3CC[C@H](C)CCc3cccc(O)c3CO)c3cc(O)c(OC)cc3CCC(=O)[C@H](O)C(=O)[C@H]1C2. The van der Waals surface area contributed by atoms with Crippen LogP contribution in [0.15, 0.2) is 121 Å². The molecule has 0 unspecified atom stereocenters. The number of ketones is 2. The van der Waals surface area contributed by atoms with Crippen molar-refractivity contribution in [3.8, 4) is 34.8 Å². The highest BCUT2D eigenvalue weighted by Gasteiger charge is 2.50. The van der Waals surface area contributed by atoms with Gasteiger partial charge in [-0.3, -0.25) is 9.59 Å². The molecule has 5 aliphatic rings. The molecular weight excluding hydrogens is 1150 g/mol. The summed E-state index contributed by atoms with van der Waals surface area (Å²) in [5.74, 6) is 5.50. The number of aliphatic hydroxyl groups excluding tert-OH is 4. The fourth-order valence-corrected chi connectivity index (χ4v) is 16.3. The number of aromatic amines is 1. The number of aromatic nitrogens is 1. The van der Waals surface area contributed by atoms with Crippen LogP contribution in [0, 0.1) is 47.3 Å². The van der Waals surface area contributed by atoms with Crippen LogP contribution in [0.5, 0.6) is 23.0 Å². The number of anilines is 1. The highest BCUT2D eigenvalue weighted by molar-refractivity contribution is 6.06. The van der Waals surface area contributed by atoms with Gasteiger partial charge in [-0.05, 0) is 199 Å². The molecule has 6 aromatic rings. The van der Waals surface area contributed by atoms with Crippen LogP contribution in [0.4, 0.5) is 5.69 Å². The van der Waals surface area contributed by atoms with E-state index in [9.17, 15) is 40.5 Å². The van der Waals surface area contributed by atoms with Crippen molar-refractivity contribution in [3.63, 3.8) is 0 Å². The van der Waals surface area contributed by atoms with Crippen molar-refractivity contribution < 1.29 is 50.1 Å². The van der Waals surface area contributed by atoms with Crippen LogP contribution in [0.1, 0.15) is 173 Å². The molecule has 0 saturated heterocycles. The smallest absolute Gasteiger partial charge is 0.173 e. The molecule has 9 bridgehead atoms. The summed E-state index contributed by atoms with van der Waals surface area (Å²) in [7, 11) is 1.49. The molecule has 3 aliphatic carbocycles. The number of β-amino-alcohol motifs (C(OH)–C–C–N with tert-alkyl or cyclic N) is 1. The van der Waals surface area contributed by atoms with E-state index in [2.05, 4.69) is 90.1 Å². The van der Waals surface area contributed by atoms with Crippen LogP contribution in [0.3, 0.4) is 0 Å². The fraction of sp³-hybridized carbons (Fsp3) is 0.487. The highest BCUT2D eigenvalue weighted by atomic mass is 16.5. The second kappa shape index (κ2) is 29.7. The van der Waals surface area contributed by atoms with Gasteiger partial charge in [-0.1, -0.05) is 119 Å². The molecule has 2 aliphatic heterocycles. The number of nitrogens with one attached hydrogen (secondary N) is 4. The average molecular weight is 1250 g/mol. The number of carbonyl (C=O) groups is 2. The van der Waals surface area contributed by atoms with Gasteiger partial charge in [0.1, 0.15) is 17.3 Å². The summed E-state index contributed by atoms with van der Waals surface area (Å²) in [6, 6.07) is 29.2. The van der Waals surface area contributed by atoms with E-state index in [1.54, 1.807) is 18.2 Å². The number of fused-ring (bicyclic) bond motifs is 10. The molecule has 2 fully saturated rings. The maximum absolute atomic E-state index is 15.6. The normalized spacial score (nSPS) is 26.0. The van der Waals surface area contributed by atoms with Gasteiger partial charge in [0.2, 0.25) is 0 Å². The first-order chi connectivity index (χ1) is 44.5. The maximum Gasteiger partial charge on any atom is 0.173 e. The van der Waals surface area contributed by atoms with Crippen molar-refractivity contribution in [3.05, 3.63) is 171 Å². The van der Waals surface area contributed by atoms with E-state index in [1.807, 2.05) is 54.6 Å². The molecular formula is C78H96N4O10. The Bertz CT molecular complexity index is 3720. The van der Waals surface area contributed by atoms with Gasteiger partial charge in [0.05, 0.1) is 31.8 Å². The van der Waals surface area contributed by atoms with Crippen molar-refractivity contribution in [2.75, 3.05) is 32.1 Å². The van der Waals surface area contributed by atoms with Crippen molar-refractivity contribution in [2.24, 2.45) is 35.5 Å². The van der Waals surface area contributed by atoms with E-state index in [4.69, 9.17) is 4.74 Å². The summed E-state index contributed by atoms with van der Waals surface area (Å²) in [5, 5.41) is 93.5. The number of allylic oxidation sites excluding steroid dienone is 2. The van der Waals surface area contributed by atoms with Gasteiger partial charge in [0.15, 0.2) is 29.2 Å². The van der Waals surface area contributed by atoms with E-state index in [1.165, 1.54) is 7.11 Å². The minimum absolute atomic E-state index is 0.0546. The molecule has 11 atom stereocenters. The Kier molecular flexibility index (Phi) is 21.3. The van der Waals surface area contributed by atoms with Crippen LogP contribution >= 0.6 is 0 Å². The van der Waals surface area contributed by atoms with Crippen molar-refractivity contribution in [1.82, 2.24) is 15.6 Å². The van der Waals surface area contributed by atoms with E-state index in [-0.39, 0.29) is 78.5 Å². The minimum Gasteiger partial charge on any atom is -0.508 e. The number of dihydropyridines is 1. The zero-order valence-corrected chi connectivity index (χ0v) is 54.2. The number of hydrogen-bond donors (Lipinski definition) is 11. The van der Waals surface area contributed by atoms with Gasteiger partial charge in [-0.25, -0.2) is 0 Å². The zero-order valence-electron chi connectivity index (χ0n) is 54.2. The third kappa shape index (κ3) is 14.7. The number of hydrogen-bond acceptors (Lipinski definition) is 13. The lowest BCUT2D eigenvalue weighted by molar-refractivity contribution is -0.142. The van der Waals surface area contributed by atoms with Crippen molar-refractivity contribution in [2.45, 2.75) is 179 Å². The molecule has 14 heteroatoms. The third-order valence-corrected chi connectivity index (χ3v) is 21.5. The number of H-pyrrole nitrogens is 1. The Morgan fingerprint density at radius 2 is 1.58 bits per heavy atom. The first kappa shape index (κ1) is 66.1. The van der Waals surface area contributed by atoms with E-state index >= 15 is 4.79 Å².